The predicted molar refractivity (Wildman–Crippen MR) is 179 cm³/mol. The van der Waals surface area contributed by atoms with Gasteiger partial charge in [-0.05, 0) is 66.6 Å². The Balaban J connectivity index is 1.56. The summed E-state index contributed by atoms with van der Waals surface area (Å²) in [5.41, 5.74) is 10.7. The highest BCUT2D eigenvalue weighted by molar-refractivity contribution is 6.25. The third-order valence-corrected chi connectivity index (χ3v) is 9.37. The maximum Gasteiger partial charge on any atom is 0.0780 e. The van der Waals surface area contributed by atoms with Crippen molar-refractivity contribution in [3.05, 3.63) is 186 Å². The SMILES string of the molecule is c1ccc(C2(c3ccccc3)c3ccccc3-c3c4ccccc4c(-c4cccc5cccnc45)c4cccc2c34)cc1. The number of pyridine rings is 1. The number of aromatic nitrogens is 1. The minimum Gasteiger partial charge on any atom is -0.256 e. The first-order valence-electron chi connectivity index (χ1n) is 14.9. The van der Waals surface area contributed by atoms with Gasteiger partial charge in [-0.15, -0.1) is 0 Å². The van der Waals surface area contributed by atoms with E-state index in [2.05, 4.69) is 152 Å². The van der Waals surface area contributed by atoms with Crippen LogP contribution in [-0.2, 0) is 5.41 Å². The summed E-state index contributed by atoms with van der Waals surface area (Å²) in [4.78, 5) is 4.91. The van der Waals surface area contributed by atoms with E-state index in [0.717, 1.165) is 10.9 Å². The summed E-state index contributed by atoms with van der Waals surface area (Å²) in [6.07, 6.45) is 1.91. The molecule has 0 atom stereocenters. The Labute approximate surface area is 250 Å². The lowest BCUT2D eigenvalue weighted by molar-refractivity contribution is 0.750. The molecule has 1 heterocycles. The molecule has 0 unspecified atom stereocenters. The number of rotatable bonds is 3. The van der Waals surface area contributed by atoms with Gasteiger partial charge in [0, 0.05) is 17.1 Å². The molecular formula is C42H27N. The second-order valence-electron chi connectivity index (χ2n) is 11.4. The predicted octanol–water partition coefficient (Wildman–Crippen LogP) is 10.6. The van der Waals surface area contributed by atoms with Crippen molar-refractivity contribution in [1.82, 2.24) is 4.98 Å². The van der Waals surface area contributed by atoms with E-state index in [0.29, 0.717) is 0 Å². The van der Waals surface area contributed by atoms with Crippen LogP contribution < -0.4 is 0 Å². The van der Waals surface area contributed by atoms with Crippen molar-refractivity contribution in [2.45, 2.75) is 5.41 Å². The second kappa shape index (κ2) is 9.24. The highest BCUT2D eigenvalue weighted by atomic mass is 14.6. The smallest absolute Gasteiger partial charge is 0.0780 e. The standard InChI is InChI=1S/C42H27N/c1-3-16-29(17-4-1)42(30-18-5-2-6-19-30)36-25-10-9-22-33(36)39-32-21-8-7-20-31(32)38(34-23-12-26-37(42)40(34)39)35-24-11-14-28-15-13-27-43-41(28)35/h1-27H. The van der Waals surface area contributed by atoms with Crippen molar-refractivity contribution in [2.24, 2.45) is 0 Å². The fourth-order valence-electron chi connectivity index (χ4n) is 7.76. The molecule has 0 aliphatic heterocycles. The molecule has 0 saturated heterocycles. The van der Waals surface area contributed by atoms with E-state index in [9.17, 15) is 0 Å². The second-order valence-corrected chi connectivity index (χ2v) is 11.4. The maximum absolute atomic E-state index is 4.91. The fourth-order valence-corrected chi connectivity index (χ4v) is 7.76. The van der Waals surface area contributed by atoms with Crippen LogP contribution in [0.3, 0.4) is 0 Å². The number of hydrogen-bond donors (Lipinski definition) is 0. The molecule has 0 radical (unpaired) electrons. The number of benzene rings is 7. The third-order valence-electron chi connectivity index (χ3n) is 9.37. The molecule has 0 amide bonds. The summed E-state index contributed by atoms with van der Waals surface area (Å²) in [6.45, 7) is 0. The van der Waals surface area contributed by atoms with Gasteiger partial charge in [0.1, 0.15) is 0 Å². The Kier molecular flexibility index (Phi) is 5.18. The highest BCUT2D eigenvalue weighted by Gasteiger charge is 2.44. The van der Waals surface area contributed by atoms with Crippen LogP contribution in [0.5, 0.6) is 0 Å². The molecule has 1 aromatic heterocycles. The molecule has 0 fully saturated rings. The molecule has 0 bridgehead atoms. The van der Waals surface area contributed by atoms with Gasteiger partial charge in [-0.25, -0.2) is 0 Å². The number of fused-ring (bicyclic) bond motifs is 5. The van der Waals surface area contributed by atoms with Crippen molar-refractivity contribution < 1.29 is 0 Å². The quantitative estimate of drug-likeness (QED) is 0.201. The fraction of sp³-hybridized carbons (Fsp3) is 0.0238. The van der Waals surface area contributed by atoms with Gasteiger partial charge in [0.05, 0.1) is 10.9 Å². The van der Waals surface area contributed by atoms with Crippen LogP contribution >= 0.6 is 0 Å². The van der Waals surface area contributed by atoms with E-state index in [4.69, 9.17) is 4.98 Å². The summed E-state index contributed by atoms with van der Waals surface area (Å²) in [5, 5.41) is 6.25. The van der Waals surface area contributed by atoms with Crippen LogP contribution in [0.1, 0.15) is 22.3 Å². The van der Waals surface area contributed by atoms with Crippen molar-refractivity contribution >= 4 is 32.4 Å². The monoisotopic (exact) mass is 545 g/mol. The maximum atomic E-state index is 4.91. The lowest BCUT2D eigenvalue weighted by atomic mass is 9.59. The third kappa shape index (κ3) is 3.25. The highest BCUT2D eigenvalue weighted by Crippen LogP contribution is 2.58. The molecule has 1 heteroatoms. The van der Waals surface area contributed by atoms with Crippen LogP contribution in [0.15, 0.2) is 164 Å². The van der Waals surface area contributed by atoms with Crippen LogP contribution in [0.25, 0.3) is 54.7 Å². The zero-order valence-corrected chi connectivity index (χ0v) is 23.5. The van der Waals surface area contributed by atoms with Gasteiger partial charge in [-0.2, -0.15) is 0 Å². The largest absolute Gasteiger partial charge is 0.256 e. The molecule has 9 rings (SSSR count). The molecule has 1 aliphatic carbocycles. The van der Waals surface area contributed by atoms with Gasteiger partial charge < -0.3 is 0 Å². The minimum atomic E-state index is -0.484. The van der Waals surface area contributed by atoms with Crippen LogP contribution in [0, 0.1) is 0 Å². The Hall–Kier alpha value is -5.53. The van der Waals surface area contributed by atoms with E-state index in [1.807, 2.05) is 12.3 Å². The van der Waals surface area contributed by atoms with Gasteiger partial charge >= 0.3 is 0 Å². The van der Waals surface area contributed by atoms with Crippen LogP contribution in [0.4, 0.5) is 0 Å². The lowest BCUT2D eigenvalue weighted by Crippen LogP contribution is -2.34. The van der Waals surface area contributed by atoms with Gasteiger partial charge in [-0.1, -0.05) is 152 Å². The molecule has 0 N–H and O–H groups in total. The molecule has 1 nitrogen and oxygen atoms in total. The van der Waals surface area contributed by atoms with Gasteiger partial charge in [-0.3, -0.25) is 4.98 Å². The Morgan fingerprint density at radius 3 is 1.72 bits per heavy atom. The first kappa shape index (κ1) is 24.1. The summed E-state index contributed by atoms with van der Waals surface area (Å²) >= 11 is 0. The number of nitrogens with zero attached hydrogens (tertiary/aromatic N) is 1. The first-order chi connectivity index (χ1) is 21.4. The summed E-state index contributed by atoms with van der Waals surface area (Å²) in [6, 6.07) is 57.8. The first-order valence-corrected chi connectivity index (χ1v) is 14.9. The van der Waals surface area contributed by atoms with Crippen molar-refractivity contribution in [2.75, 3.05) is 0 Å². The van der Waals surface area contributed by atoms with Crippen molar-refractivity contribution in [3.8, 4) is 22.3 Å². The molecular weight excluding hydrogens is 518 g/mol. The molecule has 200 valence electrons. The van der Waals surface area contributed by atoms with Gasteiger partial charge in [0.15, 0.2) is 0 Å². The van der Waals surface area contributed by atoms with Crippen LogP contribution in [0.2, 0.25) is 0 Å². The van der Waals surface area contributed by atoms with E-state index in [1.165, 1.54) is 66.1 Å². The van der Waals surface area contributed by atoms with E-state index >= 15 is 0 Å². The van der Waals surface area contributed by atoms with Crippen LogP contribution in [-0.4, -0.2) is 4.98 Å². The van der Waals surface area contributed by atoms with E-state index in [1.54, 1.807) is 0 Å². The van der Waals surface area contributed by atoms with E-state index in [-0.39, 0.29) is 0 Å². The minimum absolute atomic E-state index is 0.484. The van der Waals surface area contributed by atoms with Crippen molar-refractivity contribution in [3.63, 3.8) is 0 Å². The Morgan fingerprint density at radius 2 is 0.953 bits per heavy atom. The average Bonchev–Trinajstić information content (AvgIpc) is 3.09. The zero-order chi connectivity index (χ0) is 28.4. The molecule has 7 aromatic carbocycles. The molecule has 43 heavy (non-hydrogen) atoms. The van der Waals surface area contributed by atoms with Crippen molar-refractivity contribution in [1.29, 1.82) is 0 Å². The zero-order valence-electron chi connectivity index (χ0n) is 23.5. The van der Waals surface area contributed by atoms with Gasteiger partial charge in [0.25, 0.3) is 0 Å². The Morgan fingerprint density at radius 1 is 0.395 bits per heavy atom. The summed E-state index contributed by atoms with van der Waals surface area (Å²) in [7, 11) is 0. The van der Waals surface area contributed by atoms with Gasteiger partial charge in [0.2, 0.25) is 0 Å². The molecule has 0 saturated carbocycles. The lowest BCUT2D eigenvalue weighted by Gasteiger charge is -2.42. The number of para-hydroxylation sites is 1. The van der Waals surface area contributed by atoms with E-state index < -0.39 is 5.41 Å². The molecule has 0 spiro atoms. The molecule has 8 aromatic rings. The summed E-state index contributed by atoms with van der Waals surface area (Å²) in [5.74, 6) is 0. The Bertz CT molecular complexity index is 2290. The topological polar surface area (TPSA) is 12.9 Å². The average molecular weight is 546 g/mol. The number of hydrogen-bond acceptors (Lipinski definition) is 1. The molecule has 1 aliphatic rings. The normalized spacial score (nSPS) is 13.3. The summed E-state index contributed by atoms with van der Waals surface area (Å²) < 4.78 is 0.